The molecular weight excluding hydrogens is 503 g/mol. The minimum Gasteiger partial charge on any atom is -0.496 e. The molecule has 8 heteroatoms. The van der Waals surface area contributed by atoms with Crippen LogP contribution in [0.15, 0.2) is 113 Å². The van der Waals surface area contributed by atoms with Crippen LogP contribution in [0.3, 0.4) is 0 Å². The molecule has 5 aromatic rings. The Labute approximate surface area is 230 Å². The van der Waals surface area contributed by atoms with E-state index in [9.17, 15) is 4.39 Å². The van der Waals surface area contributed by atoms with Crippen LogP contribution in [-0.4, -0.2) is 28.6 Å². The van der Waals surface area contributed by atoms with Crippen molar-refractivity contribution in [2.24, 2.45) is 9.98 Å². The van der Waals surface area contributed by atoms with E-state index >= 15 is 0 Å². The molecule has 1 N–H and O–H groups in total. The molecule has 2 aliphatic rings. The van der Waals surface area contributed by atoms with Crippen molar-refractivity contribution < 1.29 is 9.13 Å². The van der Waals surface area contributed by atoms with Gasteiger partial charge in [0.25, 0.3) is 0 Å². The number of fused-ring (bicyclic) bond motifs is 4. The van der Waals surface area contributed by atoms with E-state index in [1.54, 1.807) is 19.2 Å². The standard InChI is InChI=1S/C32H25FN6O/c1-20-28-29(24-15-6-9-18-27(24)40-2)38-26-17-8-7-16-25(26)35-30(34-22-12-10-11-21(33)19-22)32(38)36-31(28)39(37-20)23-13-4-3-5-14-23/h3-19,29H,1-2H3,(H,34,35)/t29-/m1/s1. The molecule has 1 aromatic heterocycles. The predicted molar refractivity (Wildman–Crippen MR) is 156 cm³/mol. The zero-order valence-electron chi connectivity index (χ0n) is 21.9. The Bertz CT molecular complexity index is 1810. The number of aromatic nitrogens is 2. The first-order valence-corrected chi connectivity index (χ1v) is 13.0. The minimum absolute atomic E-state index is 0.322. The average Bonchev–Trinajstić information content (AvgIpc) is 3.32. The monoisotopic (exact) mass is 528 g/mol. The second-order valence-corrected chi connectivity index (χ2v) is 9.60. The Balaban J connectivity index is 1.52. The van der Waals surface area contributed by atoms with Crippen molar-refractivity contribution in [3.63, 3.8) is 0 Å². The summed E-state index contributed by atoms with van der Waals surface area (Å²) in [6, 6.07) is 31.9. The summed E-state index contributed by atoms with van der Waals surface area (Å²) in [7, 11) is 1.68. The van der Waals surface area contributed by atoms with E-state index in [4.69, 9.17) is 19.8 Å². The number of hydrogen-bond donors (Lipinski definition) is 1. The fourth-order valence-corrected chi connectivity index (χ4v) is 5.44. The van der Waals surface area contributed by atoms with E-state index in [2.05, 4.69) is 16.3 Å². The van der Waals surface area contributed by atoms with Crippen LogP contribution in [0.1, 0.15) is 22.9 Å². The number of benzene rings is 4. The lowest BCUT2D eigenvalue weighted by Crippen LogP contribution is -2.46. The first kappa shape index (κ1) is 23.8. The molecule has 7 rings (SSSR count). The van der Waals surface area contributed by atoms with Gasteiger partial charge in [-0.05, 0) is 55.5 Å². The molecule has 3 heterocycles. The minimum atomic E-state index is -0.337. The topological polar surface area (TPSA) is 67.0 Å². The highest BCUT2D eigenvalue weighted by molar-refractivity contribution is 6.51. The lowest BCUT2D eigenvalue weighted by molar-refractivity contribution is 0.407. The molecule has 0 amide bonds. The number of rotatable bonds is 4. The van der Waals surface area contributed by atoms with Gasteiger partial charge in [0, 0.05) is 16.8 Å². The Morgan fingerprint density at radius 2 is 1.62 bits per heavy atom. The molecule has 0 spiro atoms. The van der Waals surface area contributed by atoms with Gasteiger partial charge in [0.15, 0.2) is 17.5 Å². The lowest BCUT2D eigenvalue weighted by atomic mass is 9.92. The zero-order valence-corrected chi connectivity index (χ0v) is 21.9. The van der Waals surface area contributed by atoms with E-state index in [0.29, 0.717) is 23.2 Å². The van der Waals surface area contributed by atoms with Gasteiger partial charge in [-0.1, -0.05) is 54.6 Å². The third kappa shape index (κ3) is 3.84. The number of hydrogen-bond acceptors (Lipinski definition) is 6. The predicted octanol–water partition coefficient (Wildman–Crippen LogP) is 7.12. The third-order valence-electron chi connectivity index (χ3n) is 7.16. The van der Waals surface area contributed by atoms with Crippen LogP contribution in [0, 0.1) is 12.7 Å². The number of halogens is 1. The fourth-order valence-electron chi connectivity index (χ4n) is 5.44. The van der Waals surface area contributed by atoms with Crippen molar-refractivity contribution in [3.8, 4) is 11.4 Å². The summed E-state index contributed by atoms with van der Waals surface area (Å²) in [5.41, 5.74) is 5.95. The van der Waals surface area contributed by atoms with Crippen LogP contribution in [-0.2, 0) is 0 Å². The molecule has 2 aliphatic heterocycles. The van der Waals surface area contributed by atoms with Crippen LogP contribution in [0.25, 0.3) is 5.69 Å². The van der Waals surface area contributed by atoms with Gasteiger partial charge >= 0.3 is 0 Å². The van der Waals surface area contributed by atoms with Crippen molar-refractivity contribution in [1.29, 1.82) is 0 Å². The second kappa shape index (κ2) is 9.50. The number of ether oxygens (including phenoxy) is 1. The van der Waals surface area contributed by atoms with Crippen molar-refractivity contribution >= 4 is 34.6 Å². The van der Waals surface area contributed by atoms with E-state index in [-0.39, 0.29) is 11.9 Å². The number of nitrogens with one attached hydrogen (secondary N) is 1. The summed E-state index contributed by atoms with van der Waals surface area (Å²) in [5.74, 6) is 2.23. The molecule has 7 nitrogen and oxygen atoms in total. The summed E-state index contributed by atoms with van der Waals surface area (Å²) < 4.78 is 21.9. The largest absolute Gasteiger partial charge is 0.496 e. The summed E-state index contributed by atoms with van der Waals surface area (Å²) in [4.78, 5) is 12.3. The number of amidine groups is 2. The molecule has 4 aromatic carbocycles. The maximum absolute atomic E-state index is 14.2. The molecule has 0 bridgehead atoms. The average molecular weight is 529 g/mol. The SMILES string of the molecule is COc1ccccc1[C@@H]1c2c(C)nn(-c3ccccc3)c2N=C2C(Nc3cccc(F)c3)=Nc3ccccc3N21. The van der Waals surface area contributed by atoms with Crippen molar-refractivity contribution in [1.82, 2.24) is 9.78 Å². The summed E-state index contributed by atoms with van der Waals surface area (Å²) >= 11 is 0. The third-order valence-corrected chi connectivity index (χ3v) is 7.16. The maximum atomic E-state index is 14.2. The fraction of sp³-hybridized carbons (Fsp3) is 0.0938. The Hall–Kier alpha value is -5.24. The van der Waals surface area contributed by atoms with E-state index in [1.165, 1.54) is 12.1 Å². The van der Waals surface area contributed by atoms with E-state index in [1.807, 2.05) is 84.4 Å². The summed E-state index contributed by atoms with van der Waals surface area (Å²) in [6.45, 7) is 2.01. The van der Waals surface area contributed by atoms with Gasteiger partial charge in [-0.25, -0.2) is 19.1 Å². The molecule has 0 saturated carbocycles. The van der Waals surface area contributed by atoms with Gasteiger partial charge in [-0.2, -0.15) is 5.10 Å². The van der Waals surface area contributed by atoms with Crippen LogP contribution < -0.4 is 15.0 Å². The van der Waals surface area contributed by atoms with Crippen LogP contribution in [0.4, 0.5) is 27.3 Å². The van der Waals surface area contributed by atoms with Gasteiger partial charge in [-0.3, -0.25) is 0 Å². The molecule has 0 unspecified atom stereocenters. The summed E-state index contributed by atoms with van der Waals surface area (Å²) in [5, 5.41) is 8.30. The zero-order chi connectivity index (χ0) is 27.2. The first-order valence-electron chi connectivity index (χ1n) is 13.0. The molecule has 1 atom stereocenters. The molecular formula is C32H25FN6O. The molecule has 40 heavy (non-hydrogen) atoms. The summed E-state index contributed by atoms with van der Waals surface area (Å²) in [6.07, 6.45) is 0. The highest BCUT2D eigenvalue weighted by Gasteiger charge is 2.42. The van der Waals surface area contributed by atoms with Crippen LogP contribution in [0.5, 0.6) is 5.75 Å². The quantitative estimate of drug-likeness (QED) is 0.270. The molecule has 0 saturated heterocycles. The number of aliphatic imine (C=N–C) groups is 2. The number of anilines is 2. The molecule has 196 valence electrons. The van der Waals surface area contributed by atoms with Gasteiger partial charge in [0.2, 0.25) is 0 Å². The molecule has 0 aliphatic carbocycles. The van der Waals surface area contributed by atoms with E-state index in [0.717, 1.165) is 39.6 Å². The van der Waals surface area contributed by atoms with Gasteiger partial charge in [-0.15, -0.1) is 0 Å². The second-order valence-electron chi connectivity index (χ2n) is 9.60. The van der Waals surface area contributed by atoms with Crippen molar-refractivity contribution in [2.45, 2.75) is 13.0 Å². The van der Waals surface area contributed by atoms with Gasteiger partial charge in [0.1, 0.15) is 11.6 Å². The number of methoxy groups -OCH3 is 1. The molecule has 0 radical (unpaired) electrons. The smallest absolute Gasteiger partial charge is 0.179 e. The first-order chi connectivity index (χ1) is 19.6. The van der Waals surface area contributed by atoms with Crippen molar-refractivity contribution in [3.05, 3.63) is 126 Å². The number of aryl methyl sites for hydroxylation is 1. The maximum Gasteiger partial charge on any atom is 0.179 e. The highest BCUT2D eigenvalue weighted by Crippen LogP contribution is 2.49. The number of para-hydroxylation sites is 4. The number of nitrogens with zero attached hydrogens (tertiary/aromatic N) is 5. The molecule has 0 fully saturated rings. The van der Waals surface area contributed by atoms with Gasteiger partial charge < -0.3 is 15.0 Å². The van der Waals surface area contributed by atoms with E-state index < -0.39 is 0 Å². The van der Waals surface area contributed by atoms with Crippen LogP contribution in [0.2, 0.25) is 0 Å². The normalized spacial score (nSPS) is 15.4. The highest BCUT2D eigenvalue weighted by atomic mass is 19.1. The van der Waals surface area contributed by atoms with Crippen molar-refractivity contribution in [2.75, 3.05) is 17.3 Å². The van der Waals surface area contributed by atoms with Gasteiger partial charge in [0.05, 0.1) is 35.9 Å². The Morgan fingerprint density at radius 3 is 2.45 bits per heavy atom. The Morgan fingerprint density at radius 1 is 0.850 bits per heavy atom. The lowest BCUT2D eigenvalue weighted by Gasteiger charge is -2.41. The van der Waals surface area contributed by atoms with Crippen LogP contribution >= 0.6 is 0 Å². The Kier molecular flexibility index (Phi) is 5.66.